The summed E-state index contributed by atoms with van der Waals surface area (Å²) in [5.74, 6) is 0. The number of aliphatic hydroxyl groups is 1. The molecule has 8 heteroatoms. The molecular formula is C13H22N4O3S. The molecule has 2 aliphatic rings. The molecule has 0 amide bonds. The molecule has 1 aromatic heterocycles. The first-order valence-corrected chi connectivity index (χ1v) is 8.96. The van der Waals surface area contributed by atoms with Gasteiger partial charge in [0.25, 0.3) is 0 Å². The molecule has 1 aliphatic carbocycles. The largest absolute Gasteiger partial charge is 0.396 e. The van der Waals surface area contributed by atoms with E-state index < -0.39 is 10.0 Å². The van der Waals surface area contributed by atoms with Gasteiger partial charge in [-0.1, -0.05) is 0 Å². The lowest BCUT2D eigenvalue weighted by molar-refractivity contribution is 0.277. The molecule has 3 rings (SSSR count). The number of nitrogens with zero attached hydrogens (tertiary/aromatic N) is 3. The molecule has 0 bridgehead atoms. The van der Waals surface area contributed by atoms with Crippen LogP contribution >= 0.6 is 0 Å². The minimum absolute atomic E-state index is 0.00334. The van der Waals surface area contributed by atoms with Crippen molar-refractivity contribution in [2.24, 2.45) is 0 Å². The molecule has 1 aliphatic heterocycles. The number of hydrogen-bond donors (Lipinski definition) is 2. The van der Waals surface area contributed by atoms with Gasteiger partial charge in [0.2, 0.25) is 10.0 Å². The van der Waals surface area contributed by atoms with E-state index in [0.29, 0.717) is 19.0 Å². The number of hydrogen-bond acceptors (Lipinski definition) is 5. The molecule has 21 heavy (non-hydrogen) atoms. The molecule has 2 heterocycles. The quantitative estimate of drug-likeness (QED) is 0.726. The number of sulfonamides is 1. The van der Waals surface area contributed by atoms with Crippen LogP contribution in [0.1, 0.15) is 25.7 Å². The summed E-state index contributed by atoms with van der Waals surface area (Å²) in [5.41, 5.74) is 0. The van der Waals surface area contributed by atoms with Crippen molar-refractivity contribution < 1.29 is 13.5 Å². The number of aliphatic hydroxyl groups excluding tert-OH is 1. The van der Waals surface area contributed by atoms with Gasteiger partial charge in [0.15, 0.2) is 0 Å². The van der Waals surface area contributed by atoms with Crippen LogP contribution in [0.3, 0.4) is 0 Å². The number of rotatable bonds is 7. The Morgan fingerprint density at radius 1 is 1.38 bits per heavy atom. The molecule has 1 aromatic rings. The van der Waals surface area contributed by atoms with Crippen LogP contribution in [0.2, 0.25) is 0 Å². The summed E-state index contributed by atoms with van der Waals surface area (Å²) in [4.78, 5) is 2.57. The van der Waals surface area contributed by atoms with Crippen LogP contribution in [0, 0.1) is 0 Å². The fourth-order valence-electron chi connectivity index (χ4n) is 2.78. The number of likely N-dealkylation sites (tertiary alicyclic amines) is 1. The van der Waals surface area contributed by atoms with E-state index in [0.717, 1.165) is 19.5 Å². The minimum Gasteiger partial charge on any atom is -0.396 e. The minimum atomic E-state index is -3.50. The lowest BCUT2D eigenvalue weighted by Gasteiger charge is -2.15. The first kappa shape index (κ1) is 15.0. The van der Waals surface area contributed by atoms with Gasteiger partial charge in [-0.15, -0.1) is 0 Å². The summed E-state index contributed by atoms with van der Waals surface area (Å²) in [6.07, 6.45) is 6.81. The molecule has 0 aromatic carbocycles. The Morgan fingerprint density at radius 3 is 2.90 bits per heavy atom. The predicted octanol–water partition coefficient (Wildman–Crippen LogP) is -0.219. The van der Waals surface area contributed by atoms with Gasteiger partial charge in [-0.3, -0.25) is 9.58 Å². The van der Waals surface area contributed by atoms with Gasteiger partial charge in [0, 0.05) is 44.5 Å². The van der Waals surface area contributed by atoms with E-state index in [9.17, 15) is 8.42 Å². The fraction of sp³-hybridized carbons (Fsp3) is 0.769. The third-order valence-corrected chi connectivity index (χ3v) is 5.54. The van der Waals surface area contributed by atoms with Crippen molar-refractivity contribution in [1.82, 2.24) is 19.4 Å². The normalized spacial score (nSPS) is 23.8. The Kier molecular flexibility index (Phi) is 4.30. The number of aryl methyl sites for hydroxylation is 1. The lowest BCUT2D eigenvalue weighted by Crippen LogP contribution is -2.37. The van der Waals surface area contributed by atoms with E-state index in [2.05, 4.69) is 14.7 Å². The highest BCUT2D eigenvalue weighted by atomic mass is 32.2. The molecule has 2 N–H and O–H groups in total. The van der Waals surface area contributed by atoms with Crippen LogP contribution in [0.15, 0.2) is 17.3 Å². The Hall–Kier alpha value is -0.960. The maximum atomic E-state index is 12.3. The van der Waals surface area contributed by atoms with Gasteiger partial charge >= 0.3 is 0 Å². The van der Waals surface area contributed by atoms with Crippen molar-refractivity contribution in [2.75, 3.05) is 19.7 Å². The van der Waals surface area contributed by atoms with E-state index >= 15 is 0 Å². The molecule has 7 nitrogen and oxygen atoms in total. The lowest BCUT2D eigenvalue weighted by atomic mass is 10.3. The third-order valence-electron chi connectivity index (χ3n) is 4.07. The highest BCUT2D eigenvalue weighted by Crippen LogP contribution is 2.30. The van der Waals surface area contributed by atoms with Gasteiger partial charge in [-0.05, 0) is 25.7 Å². The zero-order valence-corrected chi connectivity index (χ0v) is 12.8. The van der Waals surface area contributed by atoms with Crippen LogP contribution in [-0.2, 0) is 16.6 Å². The van der Waals surface area contributed by atoms with Gasteiger partial charge in [-0.2, -0.15) is 5.10 Å². The van der Waals surface area contributed by atoms with E-state index in [1.807, 2.05) is 0 Å². The van der Waals surface area contributed by atoms with E-state index in [1.165, 1.54) is 25.2 Å². The maximum Gasteiger partial charge on any atom is 0.243 e. The Bertz CT molecular complexity index is 582. The summed E-state index contributed by atoms with van der Waals surface area (Å²) in [5, 5.41) is 12.8. The van der Waals surface area contributed by atoms with Gasteiger partial charge < -0.3 is 5.11 Å². The van der Waals surface area contributed by atoms with Crippen molar-refractivity contribution in [3.8, 4) is 0 Å². The number of nitrogens with one attached hydrogen (secondary N) is 1. The Labute approximate surface area is 125 Å². The zero-order chi connectivity index (χ0) is 14.9. The SMILES string of the molecule is O=S(=O)(NC1CCN(C2CC2)C1)c1cnn(CCCO)c1. The fourth-order valence-corrected chi connectivity index (χ4v) is 3.99. The molecule has 1 atom stereocenters. The van der Waals surface area contributed by atoms with Crippen molar-refractivity contribution in [3.63, 3.8) is 0 Å². The monoisotopic (exact) mass is 314 g/mol. The first-order valence-electron chi connectivity index (χ1n) is 7.48. The van der Waals surface area contributed by atoms with Crippen molar-refractivity contribution in [2.45, 2.75) is 49.2 Å². The molecular weight excluding hydrogens is 292 g/mol. The first-order chi connectivity index (χ1) is 10.1. The summed E-state index contributed by atoms with van der Waals surface area (Å²) < 4.78 is 29.0. The van der Waals surface area contributed by atoms with Gasteiger partial charge in [0.1, 0.15) is 4.90 Å². The predicted molar refractivity (Wildman–Crippen MR) is 77.3 cm³/mol. The highest BCUT2D eigenvalue weighted by molar-refractivity contribution is 7.89. The van der Waals surface area contributed by atoms with E-state index in [-0.39, 0.29) is 17.5 Å². The maximum absolute atomic E-state index is 12.3. The summed E-state index contributed by atoms with van der Waals surface area (Å²) >= 11 is 0. The second kappa shape index (κ2) is 6.04. The van der Waals surface area contributed by atoms with E-state index in [4.69, 9.17) is 5.11 Å². The zero-order valence-electron chi connectivity index (χ0n) is 12.0. The van der Waals surface area contributed by atoms with Gasteiger partial charge in [-0.25, -0.2) is 13.1 Å². The number of aromatic nitrogens is 2. The standard InChI is InChI=1S/C13H22N4O3S/c18-7-1-5-17-10-13(8-14-17)21(19,20)15-11-4-6-16(9-11)12-2-3-12/h8,10-12,15,18H,1-7,9H2. The van der Waals surface area contributed by atoms with Crippen molar-refractivity contribution in [3.05, 3.63) is 12.4 Å². The Balaban J connectivity index is 1.59. The molecule has 1 saturated heterocycles. The highest BCUT2D eigenvalue weighted by Gasteiger charge is 2.35. The average Bonchev–Trinajstić information content (AvgIpc) is 3.00. The van der Waals surface area contributed by atoms with Crippen molar-refractivity contribution in [1.29, 1.82) is 0 Å². The molecule has 118 valence electrons. The van der Waals surface area contributed by atoms with Crippen LogP contribution in [0.4, 0.5) is 0 Å². The van der Waals surface area contributed by atoms with Gasteiger partial charge in [0.05, 0.1) is 6.20 Å². The summed E-state index contributed by atoms with van der Waals surface area (Å²) in [7, 11) is -3.50. The smallest absolute Gasteiger partial charge is 0.243 e. The second-order valence-electron chi connectivity index (χ2n) is 5.85. The summed E-state index contributed by atoms with van der Waals surface area (Å²) in [6.45, 7) is 2.38. The van der Waals surface area contributed by atoms with Crippen LogP contribution in [0.25, 0.3) is 0 Å². The molecule has 1 saturated carbocycles. The van der Waals surface area contributed by atoms with E-state index in [1.54, 1.807) is 4.68 Å². The summed E-state index contributed by atoms with van der Waals surface area (Å²) in [6, 6.07) is 0.678. The second-order valence-corrected chi connectivity index (χ2v) is 7.56. The third kappa shape index (κ3) is 3.63. The average molecular weight is 314 g/mol. The molecule has 0 radical (unpaired) electrons. The molecule has 0 spiro atoms. The molecule has 1 unspecified atom stereocenters. The van der Waals surface area contributed by atoms with Crippen LogP contribution in [-0.4, -0.2) is 60.0 Å². The topological polar surface area (TPSA) is 87.5 Å². The van der Waals surface area contributed by atoms with Crippen molar-refractivity contribution >= 4 is 10.0 Å². The van der Waals surface area contributed by atoms with Crippen LogP contribution in [0.5, 0.6) is 0 Å². The van der Waals surface area contributed by atoms with Crippen LogP contribution < -0.4 is 4.72 Å². The molecule has 2 fully saturated rings. The Morgan fingerprint density at radius 2 is 2.19 bits per heavy atom.